The molecule has 0 spiro atoms. The van der Waals surface area contributed by atoms with E-state index in [1.807, 2.05) is 17.5 Å². The Kier molecular flexibility index (Phi) is 6.40. The second kappa shape index (κ2) is 9.83. The van der Waals surface area contributed by atoms with Gasteiger partial charge in [0.15, 0.2) is 0 Å². The quantitative estimate of drug-likeness (QED) is 0.358. The number of imidazole rings is 1. The lowest BCUT2D eigenvalue weighted by atomic mass is 10.0. The zero-order valence-electron chi connectivity index (χ0n) is 21.2. The van der Waals surface area contributed by atoms with Crippen molar-refractivity contribution in [3.8, 4) is 0 Å². The van der Waals surface area contributed by atoms with Gasteiger partial charge in [0.2, 0.25) is 5.91 Å². The van der Waals surface area contributed by atoms with Crippen LogP contribution >= 0.6 is 11.3 Å². The predicted molar refractivity (Wildman–Crippen MR) is 148 cm³/mol. The van der Waals surface area contributed by atoms with Crippen LogP contribution in [0.5, 0.6) is 0 Å². The Hall–Kier alpha value is -2.96. The van der Waals surface area contributed by atoms with Gasteiger partial charge in [-0.05, 0) is 97.9 Å². The predicted octanol–water partition coefficient (Wildman–Crippen LogP) is 5.95. The Balaban J connectivity index is 1.03. The third kappa shape index (κ3) is 4.84. The summed E-state index contributed by atoms with van der Waals surface area (Å²) >= 11 is 1.63. The molecule has 1 N–H and O–H groups in total. The first-order chi connectivity index (χ1) is 17.5. The van der Waals surface area contributed by atoms with Crippen LogP contribution in [0.4, 0.5) is 5.69 Å². The summed E-state index contributed by atoms with van der Waals surface area (Å²) in [7, 11) is 0. The molecule has 1 aliphatic heterocycles. The lowest BCUT2D eigenvalue weighted by Gasteiger charge is -2.34. The van der Waals surface area contributed by atoms with Gasteiger partial charge in [0, 0.05) is 36.2 Å². The molecule has 36 heavy (non-hydrogen) atoms. The number of thiophene rings is 1. The Labute approximate surface area is 217 Å². The van der Waals surface area contributed by atoms with Gasteiger partial charge in [0.25, 0.3) is 0 Å². The number of hydrogen-bond acceptors (Lipinski definition) is 4. The monoisotopic (exact) mass is 498 g/mol. The van der Waals surface area contributed by atoms with Gasteiger partial charge in [-0.3, -0.25) is 4.79 Å². The lowest BCUT2D eigenvalue weighted by Crippen LogP contribution is -2.38. The fourth-order valence-electron chi connectivity index (χ4n) is 6.21. The summed E-state index contributed by atoms with van der Waals surface area (Å²) in [5.74, 6) is 1.86. The number of aryl methyl sites for hydroxylation is 2. The first-order valence-electron chi connectivity index (χ1n) is 13.1. The molecular formula is C30H34N4OS. The largest absolute Gasteiger partial charge is 0.326 e. The third-order valence-electron chi connectivity index (χ3n) is 7.88. The van der Waals surface area contributed by atoms with E-state index in [0.29, 0.717) is 18.4 Å². The van der Waals surface area contributed by atoms with Crippen molar-refractivity contribution in [3.05, 3.63) is 81.3 Å². The fourth-order valence-corrected chi connectivity index (χ4v) is 6.91. The molecule has 2 aromatic heterocycles. The van der Waals surface area contributed by atoms with Gasteiger partial charge in [0.05, 0.1) is 17.5 Å². The van der Waals surface area contributed by atoms with Crippen molar-refractivity contribution in [1.82, 2.24) is 14.5 Å². The average molecular weight is 499 g/mol. The Morgan fingerprint density at radius 2 is 1.89 bits per heavy atom. The number of likely N-dealkylation sites (tertiary alicyclic amines) is 1. The molecule has 5 nitrogen and oxygen atoms in total. The molecule has 1 amide bonds. The van der Waals surface area contributed by atoms with Crippen LogP contribution < -0.4 is 5.32 Å². The van der Waals surface area contributed by atoms with E-state index >= 15 is 0 Å². The maximum atomic E-state index is 12.4. The second-order valence-corrected chi connectivity index (χ2v) is 11.6. The lowest BCUT2D eigenvalue weighted by molar-refractivity contribution is -0.115. The number of fused-ring (bicyclic) bond motifs is 2. The van der Waals surface area contributed by atoms with Crippen LogP contribution in [-0.4, -0.2) is 40.0 Å². The summed E-state index contributed by atoms with van der Waals surface area (Å²) in [4.78, 5) is 21.0. The van der Waals surface area contributed by atoms with Crippen molar-refractivity contribution < 1.29 is 4.79 Å². The molecule has 2 aromatic carbocycles. The molecule has 1 aliphatic carbocycles. The minimum Gasteiger partial charge on any atom is -0.326 e. The van der Waals surface area contributed by atoms with Crippen molar-refractivity contribution in [2.75, 3.05) is 25.0 Å². The molecular weight excluding hydrogens is 464 g/mol. The van der Waals surface area contributed by atoms with Gasteiger partial charge in [-0.1, -0.05) is 18.2 Å². The molecule has 3 heterocycles. The molecule has 0 bridgehead atoms. The van der Waals surface area contributed by atoms with Gasteiger partial charge < -0.3 is 14.8 Å². The maximum absolute atomic E-state index is 12.4. The first-order valence-corrected chi connectivity index (χ1v) is 14.0. The number of anilines is 1. The van der Waals surface area contributed by atoms with E-state index in [9.17, 15) is 4.79 Å². The van der Waals surface area contributed by atoms with Crippen LogP contribution in [0.2, 0.25) is 0 Å². The summed E-state index contributed by atoms with van der Waals surface area (Å²) in [5, 5.41) is 5.11. The van der Waals surface area contributed by atoms with Gasteiger partial charge in [-0.25, -0.2) is 4.98 Å². The van der Waals surface area contributed by atoms with Gasteiger partial charge in [-0.15, -0.1) is 11.3 Å². The number of hydrogen-bond donors (Lipinski definition) is 1. The molecule has 2 aliphatic rings. The topological polar surface area (TPSA) is 50.2 Å². The number of amides is 1. The minimum absolute atomic E-state index is 0.0610. The summed E-state index contributed by atoms with van der Waals surface area (Å²) in [5.41, 5.74) is 7.45. The molecule has 4 aromatic rings. The molecule has 1 unspecified atom stereocenters. The zero-order chi connectivity index (χ0) is 24.6. The molecule has 1 atom stereocenters. The van der Waals surface area contributed by atoms with Crippen LogP contribution in [0, 0.1) is 19.8 Å². The molecule has 1 fully saturated rings. The summed E-state index contributed by atoms with van der Waals surface area (Å²) in [6, 6.07) is 17.7. The number of rotatable bonds is 6. The number of nitrogens with zero attached hydrogens (tertiary/aromatic N) is 3. The van der Waals surface area contributed by atoms with E-state index in [1.54, 1.807) is 11.3 Å². The fraction of sp³-hybridized carbons (Fsp3) is 0.400. The van der Waals surface area contributed by atoms with Crippen molar-refractivity contribution in [3.63, 3.8) is 0 Å². The Bertz CT molecular complexity index is 1380. The van der Waals surface area contributed by atoms with Crippen molar-refractivity contribution in [2.24, 2.45) is 5.92 Å². The molecule has 186 valence electrons. The molecule has 6 heteroatoms. The zero-order valence-corrected chi connectivity index (χ0v) is 22.0. The summed E-state index contributed by atoms with van der Waals surface area (Å²) in [6.45, 7) is 7.73. The Morgan fingerprint density at radius 1 is 1.06 bits per heavy atom. The third-order valence-corrected chi connectivity index (χ3v) is 8.76. The van der Waals surface area contributed by atoms with E-state index < -0.39 is 0 Å². The van der Waals surface area contributed by atoms with E-state index in [4.69, 9.17) is 4.98 Å². The highest BCUT2D eigenvalue weighted by Crippen LogP contribution is 2.33. The first kappa shape index (κ1) is 23.4. The van der Waals surface area contributed by atoms with Crippen LogP contribution in [0.15, 0.2) is 53.9 Å². The van der Waals surface area contributed by atoms with Crippen LogP contribution in [-0.2, 0) is 24.1 Å². The number of carbonyl (C=O) groups excluding carboxylic acids is 1. The van der Waals surface area contributed by atoms with Crippen molar-refractivity contribution in [1.29, 1.82) is 0 Å². The van der Waals surface area contributed by atoms with Gasteiger partial charge in [0.1, 0.15) is 5.82 Å². The molecule has 0 saturated carbocycles. The average Bonchev–Trinajstić information content (AvgIpc) is 3.57. The molecule has 0 radical (unpaired) electrons. The number of benzene rings is 2. The number of carbonyl (C=O) groups is 1. The molecule has 6 rings (SSSR count). The number of nitrogens with one attached hydrogen (secondary N) is 1. The van der Waals surface area contributed by atoms with Crippen molar-refractivity contribution >= 4 is 34.0 Å². The number of aromatic nitrogens is 2. The normalized spacial score (nSPS) is 18.6. The van der Waals surface area contributed by atoms with Crippen LogP contribution in [0.1, 0.15) is 46.3 Å². The smallest absolute Gasteiger partial charge is 0.229 e. The molecule has 1 saturated heterocycles. The van der Waals surface area contributed by atoms with E-state index in [0.717, 1.165) is 54.4 Å². The SMILES string of the molecule is Cc1ccc2c(c1)nc(C)n2C1CCN(CC2Cc3ccc(NC(=O)Cc4cccs4)cc3C2)CC1. The van der Waals surface area contributed by atoms with Gasteiger partial charge >= 0.3 is 0 Å². The van der Waals surface area contributed by atoms with E-state index in [1.165, 1.54) is 35.0 Å². The summed E-state index contributed by atoms with van der Waals surface area (Å²) < 4.78 is 2.48. The highest BCUT2D eigenvalue weighted by Gasteiger charge is 2.28. The highest BCUT2D eigenvalue weighted by atomic mass is 32.1. The Morgan fingerprint density at radius 3 is 2.69 bits per heavy atom. The maximum Gasteiger partial charge on any atom is 0.229 e. The van der Waals surface area contributed by atoms with Crippen molar-refractivity contribution in [2.45, 2.75) is 52.0 Å². The number of piperidine rings is 1. The van der Waals surface area contributed by atoms with E-state index in [-0.39, 0.29) is 5.91 Å². The highest BCUT2D eigenvalue weighted by molar-refractivity contribution is 7.10. The van der Waals surface area contributed by atoms with E-state index in [2.05, 4.69) is 65.0 Å². The minimum atomic E-state index is 0.0610. The standard InChI is InChI=1S/C30H34N4OS/c1-20-5-8-29-28(14-20)31-21(2)34(29)26-9-11-33(12-10-26)19-22-15-23-6-7-25(17-24(23)16-22)32-30(35)18-27-4-3-13-36-27/h3-8,13-14,17,22,26H,9-12,15-16,18-19H2,1-2H3,(H,32,35). The van der Waals surface area contributed by atoms with Gasteiger partial charge in [-0.2, -0.15) is 0 Å². The van der Waals surface area contributed by atoms with Crippen LogP contribution in [0.3, 0.4) is 0 Å². The second-order valence-electron chi connectivity index (χ2n) is 10.6. The summed E-state index contributed by atoms with van der Waals surface area (Å²) in [6.07, 6.45) is 5.06. The van der Waals surface area contributed by atoms with Crippen LogP contribution in [0.25, 0.3) is 11.0 Å².